The van der Waals surface area contributed by atoms with E-state index < -0.39 is 8.32 Å². The van der Waals surface area contributed by atoms with E-state index in [0.717, 1.165) is 23.7 Å². The van der Waals surface area contributed by atoms with Gasteiger partial charge in [0.25, 0.3) is 0 Å². The van der Waals surface area contributed by atoms with Crippen LogP contribution in [0.1, 0.15) is 32.4 Å². The second kappa shape index (κ2) is 8.34. The number of likely N-dealkylation sites (N-methyl/N-ethyl adjacent to an activating group) is 1. The molecule has 0 saturated carbocycles. The summed E-state index contributed by atoms with van der Waals surface area (Å²) in [4.78, 5) is 4.02. The maximum atomic E-state index is 6.58. The molecule has 0 spiro atoms. The predicted molar refractivity (Wildman–Crippen MR) is 90.6 cm³/mol. The second-order valence-corrected chi connectivity index (χ2v) is 11.6. The molecule has 1 heterocycles. The Morgan fingerprint density at radius 1 is 1.15 bits per heavy atom. The molecule has 0 radical (unpaired) electrons. The van der Waals surface area contributed by atoms with Crippen molar-refractivity contribution in [1.82, 2.24) is 10.3 Å². The molecule has 0 aliphatic rings. The SMILES string of the molecule is CC[SiH-](CC)(CC)OC(CNC)c1c(Cl)cncc1Cl. The van der Waals surface area contributed by atoms with E-state index in [-0.39, 0.29) is 6.10 Å². The monoisotopic (exact) mass is 335 g/mol. The van der Waals surface area contributed by atoms with Gasteiger partial charge in [0.15, 0.2) is 0 Å². The van der Waals surface area contributed by atoms with Crippen molar-refractivity contribution >= 4 is 31.5 Å². The number of rotatable bonds is 8. The Labute approximate surface area is 133 Å². The standard InChI is InChI=1S/C14H25Cl2N2OSi/c1-5-20(6-2,7-3)19-13(10-17-4)14-11(15)8-18-9-12(14)16/h8-9,13,17,20H,5-7,10H2,1-4H3/q-1. The summed E-state index contributed by atoms with van der Waals surface area (Å²) in [5, 5.41) is 4.33. The first kappa shape index (κ1) is 17.9. The Hall–Kier alpha value is -0.133. The third-order valence-corrected chi connectivity index (χ3v) is 10.3. The molecule has 0 saturated heterocycles. The van der Waals surface area contributed by atoms with E-state index in [2.05, 4.69) is 31.1 Å². The molecule has 0 aliphatic heterocycles. The van der Waals surface area contributed by atoms with Crippen LogP contribution in [0.2, 0.25) is 28.2 Å². The number of aromatic nitrogens is 1. The number of halogens is 2. The fraction of sp³-hybridized carbons (Fsp3) is 0.643. The summed E-state index contributed by atoms with van der Waals surface area (Å²) in [5.41, 5.74) is 0.859. The molecule has 1 atom stereocenters. The third kappa shape index (κ3) is 4.18. The molecule has 3 nitrogen and oxygen atoms in total. The van der Waals surface area contributed by atoms with Crippen LogP contribution in [0, 0.1) is 0 Å². The minimum atomic E-state index is -2.04. The van der Waals surface area contributed by atoms with Crippen LogP contribution in [0.4, 0.5) is 0 Å². The van der Waals surface area contributed by atoms with Crippen LogP contribution in [-0.2, 0) is 4.43 Å². The van der Waals surface area contributed by atoms with Gasteiger partial charge in [-0.1, -0.05) is 0 Å². The zero-order chi connectivity index (χ0) is 15.2. The first-order chi connectivity index (χ1) is 9.53. The van der Waals surface area contributed by atoms with Gasteiger partial charge in [-0.05, 0) is 0 Å². The van der Waals surface area contributed by atoms with Gasteiger partial charge in [0.2, 0.25) is 0 Å². The van der Waals surface area contributed by atoms with Crippen LogP contribution in [0.3, 0.4) is 0 Å². The van der Waals surface area contributed by atoms with Crippen LogP contribution in [0.5, 0.6) is 0 Å². The Bertz CT molecular complexity index is 399. The van der Waals surface area contributed by atoms with Gasteiger partial charge in [-0.25, -0.2) is 0 Å². The maximum absolute atomic E-state index is 6.58. The van der Waals surface area contributed by atoms with Crippen LogP contribution in [0.15, 0.2) is 12.4 Å². The molecular weight excluding hydrogens is 311 g/mol. The van der Waals surface area contributed by atoms with Crippen molar-refractivity contribution in [3.8, 4) is 0 Å². The summed E-state index contributed by atoms with van der Waals surface area (Å²) in [5.74, 6) is 0. The summed E-state index contributed by atoms with van der Waals surface area (Å²) in [6, 6.07) is 3.38. The van der Waals surface area contributed by atoms with E-state index in [0.29, 0.717) is 16.6 Å². The molecule has 0 bridgehead atoms. The van der Waals surface area contributed by atoms with Crippen molar-refractivity contribution in [3.63, 3.8) is 0 Å². The van der Waals surface area contributed by atoms with E-state index in [4.69, 9.17) is 27.6 Å². The number of nitrogens with one attached hydrogen (secondary N) is 1. The van der Waals surface area contributed by atoms with Gasteiger partial charge in [0.1, 0.15) is 0 Å². The number of pyridine rings is 1. The van der Waals surface area contributed by atoms with Gasteiger partial charge < -0.3 is 0 Å². The molecule has 1 aromatic rings. The zero-order valence-corrected chi connectivity index (χ0v) is 15.4. The van der Waals surface area contributed by atoms with E-state index in [1.807, 2.05) is 7.05 Å². The first-order valence-electron chi connectivity index (χ1n) is 7.34. The van der Waals surface area contributed by atoms with Gasteiger partial charge in [-0.3, -0.25) is 0 Å². The van der Waals surface area contributed by atoms with Crippen molar-refractivity contribution < 1.29 is 4.43 Å². The molecule has 0 fully saturated rings. The molecule has 20 heavy (non-hydrogen) atoms. The summed E-state index contributed by atoms with van der Waals surface area (Å²) < 4.78 is 6.58. The summed E-state index contributed by atoms with van der Waals surface area (Å²) in [7, 11) is -0.128. The van der Waals surface area contributed by atoms with Crippen molar-refractivity contribution in [2.24, 2.45) is 0 Å². The van der Waals surface area contributed by atoms with E-state index in [1.54, 1.807) is 12.4 Å². The van der Waals surface area contributed by atoms with Crippen LogP contribution >= 0.6 is 23.2 Å². The Morgan fingerprint density at radius 2 is 1.65 bits per heavy atom. The molecule has 6 heteroatoms. The average Bonchev–Trinajstić information content (AvgIpc) is 2.44. The van der Waals surface area contributed by atoms with Crippen molar-refractivity contribution in [2.75, 3.05) is 13.6 Å². The van der Waals surface area contributed by atoms with Gasteiger partial charge in [-0.2, -0.15) is 0 Å². The van der Waals surface area contributed by atoms with Crippen molar-refractivity contribution in [2.45, 2.75) is 45.0 Å². The van der Waals surface area contributed by atoms with Crippen LogP contribution in [0.25, 0.3) is 0 Å². The molecule has 0 aliphatic carbocycles. The van der Waals surface area contributed by atoms with E-state index >= 15 is 0 Å². The van der Waals surface area contributed by atoms with Crippen LogP contribution < -0.4 is 5.32 Å². The summed E-state index contributed by atoms with van der Waals surface area (Å²) in [6.07, 6.45) is 3.16. The molecule has 116 valence electrons. The van der Waals surface area contributed by atoms with Gasteiger partial charge >= 0.3 is 133 Å². The first-order valence-corrected chi connectivity index (χ1v) is 11.0. The van der Waals surface area contributed by atoms with Gasteiger partial charge in [-0.15, -0.1) is 0 Å². The molecule has 1 unspecified atom stereocenters. The predicted octanol–water partition coefficient (Wildman–Crippen LogP) is 4.40. The molecular formula is C14H25Cl2N2OSi-. The molecule has 0 aromatic carbocycles. The topological polar surface area (TPSA) is 34.1 Å². The average molecular weight is 336 g/mol. The number of hydrogen-bond donors (Lipinski definition) is 1. The Kier molecular flexibility index (Phi) is 7.47. The van der Waals surface area contributed by atoms with Gasteiger partial charge in [0.05, 0.1) is 0 Å². The quantitative estimate of drug-likeness (QED) is 0.714. The van der Waals surface area contributed by atoms with Crippen LogP contribution in [-0.4, -0.2) is 26.9 Å². The Balaban J connectivity index is 3.11. The van der Waals surface area contributed by atoms with E-state index in [1.165, 1.54) is 0 Å². The number of nitrogens with zero attached hydrogens (tertiary/aromatic N) is 1. The fourth-order valence-corrected chi connectivity index (χ4v) is 6.48. The van der Waals surface area contributed by atoms with Gasteiger partial charge in [0, 0.05) is 0 Å². The third-order valence-electron chi connectivity index (χ3n) is 4.29. The summed E-state index contributed by atoms with van der Waals surface area (Å²) in [6.45, 7) is 7.38. The Morgan fingerprint density at radius 3 is 2.05 bits per heavy atom. The van der Waals surface area contributed by atoms with Crippen molar-refractivity contribution in [3.05, 3.63) is 28.0 Å². The zero-order valence-electron chi connectivity index (χ0n) is 12.7. The molecule has 1 aromatic heterocycles. The minimum absolute atomic E-state index is 0.104. The fourth-order valence-electron chi connectivity index (χ4n) is 2.64. The molecule has 0 amide bonds. The normalized spacial score (nSPS) is 14.3. The molecule has 1 N–H and O–H groups in total. The number of hydrogen-bond acceptors (Lipinski definition) is 3. The summed E-state index contributed by atoms with van der Waals surface area (Å²) >= 11 is 12.6. The van der Waals surface area contributed by atoms with E-state index in [9.17, 15) is 0 Å². The second-order valence-electron chi connectivity index (χ2n) is 5.29. The van der Waals surface area contributed by atoms with Crippen molar-refractivity contribution in [1.29, 1.82) is 0 Å². The molecule has 1 rings (SSSR count).